The van der Waals surface area contributed by atoms with Gasteiger partial charge < -0.3 is 10.2 Å². The Morgan fingerprint density at radius 3 is 2.23 bits per heavy atom. The number of anilines is 1. The molecule has 1 N–H and O–H groups in total. The van der Waals surface area contributed by atoms with E-state index < -0.39 is 28.5 Å². The number of carbonyl (C=O) groups excluding carboxylic acids is 2. The van der Waals surface area contributed by atoms with Gasteiger partial charge in [-0.1, -0.05) is 88.9 Å². The van der Waals surface area contributed by atoms with Crippen molar-refractivity contribution in [3.8, 4) is 0 Å². The van der Waals surface area contributed by atoms with E-state index in [2.05, 4.69) is 21.2 Å². The first kappa shape index (κ1) is 30.1. The highest BCUT2D eigenvalue weighted by atomic mass is 79.9. The number of amides is 2. The number of nitrogens with one attached hydrogen (secondary N) is 1. The van der Waals surface area contributed by atoms with E-state index in [0.717, 1.165) is 46.3 Å². The number of nitrogens with zero attached hydrogens (tertiary/aromatic N) is 2. The van der Waals surface area contributed by atoms with Crippen molar-refractivity contribution in [3.05, 3.63) is 99.5 Å². The molecule has 2 amide bonds. The summed E-state index contributed by atoms with van der Waals surface area (Å²) in [6, 6.07) is 22.5. The molecule has 1 aliphatic rings. The monoisotopic (exact) mass is 645 g/mol. The molecular formula is C30H33BrClN3O4S. The Bertz CT molecular complexity index is 1410. The first-order valence-electron chi connectivity index (χ1n) is 13.2. The molecule has 1 aliphatic carbocycles. The molecule has 0 spiro atoms. The molecule has 4 rings (SSSR count). The van der Waals surface area contributed by atoms with Crippen LogP contribution in [-0.4, -0.2) is 50.0 Å². The SMILES string of the molecule is CS(=O)(=O)N(CC(=O)N(Cc1ccccc1Cl)C(Cc1ccccc1)C(=O)NC1CCCC1)c1ccc(Br)cc1. The Morgan fingerprint density at radius 1 is 0.975 bits per heavy atom. The highest BCUT2D eigenvalue weighted by molar-refractivity contribution is 9.10. The molecule has 212 valence electrons. The van der Waals surface area contributed by atoms with Crippen LogP contribution in [0.4, 0.5) is 5.69 Å². The molecular weight excluding hydrogens is 614 g/mol. The number of rotatable bonds is 11. The van der Waals surface area contributed by atoms with Crippen molar-refractivity contribution in [3.63, 3.8) is 0 Å². The zero-order valence-corrected chi connectivity index (χ0v) is 25.5. The first-order valence-corrected chi connectivity index (χ1v) is 16.2. The summed E-state index contributed by atoms with van der Waals surface area (Å²) in [5.74, 6) is -0.763. The number of sulfonamides is 1. The van der Waals surface area contributed by atoms with Gasteiger partial charge in [0.05, 0.1) is 11.9 Å². The van der Waals surface area contributed by atoms with Gasteiger partial charge in [-0.15, -0.1) is 0 Å². The maximum atomic E-state index is 14.1. The van der Waals surface area contributed by atoms with E-state index in [0.29, 0.717) is 16.3 Å². The second-order valence-corrected chi connectivity index (χ2v) is 13.3. The van der Waals surface area contributed by atoms with Gasteiger partial charge in [-0.2, -0.15) is 0 Å². The fourth-order valence-corrected chi connectivity index (χ4v) is 6.26. The minimum atomic E-state index is -3.82. The summed E-state index contributed by atoms with van der Waals surface area (Å²) in [6.45, 7) is -0.418. The van der Waals surface area contributed by atoms with Crippen molar-refractivity contribution >= 4 is 55.1 Å². The second-order valence-electron chi connectivity index (χ2n) is 10.1. The highest BCUT2D eigenvalue weighted by Crippen LogP contribution is 2.25. The molecule has 1 fully saturated rings. The van der Waals surface area contributed by atoms with Gasteiger partial charge in [-0.25, -0.2) is 8.42 Å². The van der Waals surface area contributed by atoms with Gasteiger partial charge in [0.15, 0.2) is 0 Å². The van der Waals surface area contributed by atoms with Gasteiger partial charge in [0.1, 0.15) is 12.6 Å². The third-order valence-electron chi connectivity index (χ3n) is 7.06. The summed E-state index contributed by atoms with van der Waals surface area (Å²) in [5.41, 5.74) is 1.91. The molecule has 10 heteroatoms. The van der Waals surface area contributed by atoms with Crippen LogP contribution in [-0.2, 0) is 32.6 Å². The molecule has 7 nitrogen and oxygen atoms in total. The molecule has 1 saturated carbocycles. The summed E-state index contributed by atoms with van der Waals surface area (Å²) in [6.07, 6.45) is 5.23. The van der Waals surface area contributed by atoms with Crippen LogP contribution in [0, 0.1) is 0 Å². The van der Waals surface area contributed by atoms with Crippen LogP contribution in [0.15, 0.2) is 83.3 Å². The molecule has 0 heterocycles. The van der Waals surface area contributed by atoms with Gasteiger partial charge >= 0.3 is 0 Å². The summed E-state index contributed by atoms with van der Waals surface area (Å²) in [4.78, 5) is 29.4. The zero-order chi connectivity index (χ0) is 28.7. The highest BCUT2D eigenvalue weighted by Gasteiger charge is 2.34. The largest absolute Gasteiger partial charge is 0.352 e. The van der Waals surface area contributed by atoms with Crippen LogP contribution in [0.5, 0.6) is 0 Å². The third-order valence-corrected chi connectivity index (χ3v) is 9.10. The fraction of sp³-hybridized carbons (Fsp3) is 0.333. The van der Waals surface area contributed by atoms with Crippen LogP contribution >= 0.6 is 27.5 Å². The maximum absolute atomic E-state index is 14.1. The standard InChI is InChI=1S/C30H33BrClN3O4S/c1-40(38,39)35(26-17-15-24(31)16-18-26)21-29(36)34(20-23-11-5-8-14-27(23)32)28(19-22-9-3-2-4-10-22)30(37)33-25-12-6-7-13-25/h2-5,8-11,14-18,25,28H,6-7,12-13,19-21H2,1H3,(H,33,37). The van der Waals surface area contributed by atoms with Crippen molar-refractivity contribution in [2.45, 2.75) is 50.7 Å². The zero-order valence-electron chi connectivity index (χ0n) is 22.3. The average molecular weight is 647 g/mol. The quantitative estimate of drug-likeness (QED) is 0.295. The van der Waals surface area contributed by atoms with Gasteiger partial charge in [0.2, 0.25) is 21.8 Å². The number of carbonyl (C=O) groups is 2. The number of hydrogen-bond donors (Lipinski definition) is 1. The summed E-state index contributed by atoms with van der Waals surface area (Å²) in [7, 11) is -3.82. The number of halogens is 2. The predicted octanol–water partition coefficient (Wildman–Crippen LogP) is 5.57. The Kier molecular flexibility index (Phi) is 10.3. The van der Waals surface area contributed by atoms with Crippen molar-refractivity contribution in [2.75, 3.05) is 17.1 Å². The van der Waals surface area contributed by atoms with E-state index in [-0.39, 0.29) is 24.9 Å². The van der Waals surface area contributed by atoms with Crippen LogP contribution in [0.3, 0.4) is 0 Å². The summed E-state index contributed by atoms with van der Waals surface area (Å²) >= 11 is 9.86. The fourth-order valence-electron chi connectivity index (χ4n) is 4.95. The Labute approximate surface area is 249 Å². The molecule has 0 bridgehead atoms. The Hall–Kier alpha value is -2.88. The van der Waals surface area contributed by atoms with Crippen LogP contribution < -0.4 is 9.62 Å². The smallest absolute Gasteiger partial charge is 0.244 e. The lowest BCUT2D eigenvalue weighted by molar-refractivity contribution is -0.140. The third kappa shape index (κ3) is 8.08. The topological polar surface area (TPSA) is 86.8 Å². The van der Waals surface area contributed by atoms with E-state index in [1.807, 2.05) is 36.4 Å². The van der Waals surface area contributed by atoms with Gasteiger partial charge in [-0.3, -0.25) is 13.9 Å². The molecule has 1 atom stereocenters. The Morgan fingerprint density at radius 2 is 1.60 bits per heavy atom. The molecule has 0 radical (unpaired) electrons. The minimum Gasteiger partial charge on any atom is -0.352 e. The summed E-state index contributed by atoms with van der Waals surface area (Å²) < 4.78 is 27.6. The number of hydrogen-bond acceptors (Lipinski definition) is 4. The van der Waals surface area contributed by atoms with Crippen molar-refractivity contribution in [2.24, 2.45) is 0 Å². The Balaban J connectivity index is 1.72. The first-order chi connectivity index (χ1) is 19.1. The van der Waals surface area contributed by atoms with Gasteiger partial charge in [-0.05, 0) is 54.3 Å². The van der Waals surface area contributed by atoms with Crippen molar-refractivity contribution in [1.82, 2.24) is 10.2 Å². The maximum Gasteiger partial charge on any atom is 0.244 e. The van der Waals surface area contributed by atoms with Crippen molar-refractivity contribution < 1.29 is 18.0 Å². The molecule has 3 aromatic carbocycles. The molecule has 40 heavy (non-hydrogen) atoms. The van der Waals surface area contributed by atoms with Crippen LogP contribution in [0.25, 0.3) is 0 Å². The minimum absolute atomic E-state index is 0.0477. The molecule has 3 aromatic rings. The van der Waals surface area contributed by atoms with Crippen molar-refractivity contribution in [1.29, 1.82) is 0 Å². The molecule has 0 aliphatic heterocycles. The summed E-state index contributed by atoms with van der Waals surface area (Å²) in [5, 5.41) is 3.61. The van der Waals surface area contributed by atoms with E-state index in [4.69, 9.17) is 11.6 Å². The number of benzene rings is 3. The van der Waals surface area contributed by atoms with E-state index in [1.54, 1.807) is 42.5 Å². The van der Waals surface area contributed by atoms with Gasteiger partial charge in [0.25, 0.3) is 0 Å². The second kappa shape index (κ2) is 13.7. The van der Waals surface area contributed by atoms with Gasteiger partial charge in [0, 0.05) is 28.5 Å². The molecule has 1 unspecified atom stereocenters. The lowest BCUT2D eigenvalue weighted by Crippen LogP contribution is -2.54. The van der Waals surface area contributed by atoms with E-state index in [9.17, 15) is 18.0 Å². The van der Waals surface area contributed by atoms with E-state index >= 15 is 0 Å². The average Bonchev–Trinajstić information content (AvgIpc) is 3.44. The molecule has 0 aromatic heterocycles. The lowest BCUT2D eigenvalue weighted by Gasteiger charge is -2.34. The normalized spacial score (nSPS) is 14.5. The van der Waals surface area contributed by atoms with E-state index in [1.165, 1.54) is 4.90 Å². The van der Waals surface area contributed by atoms with Crippen LogP contribution in [0.1, 0.15) is 36.8 Å². The lowest BCUT2D eigenvalue weighted by atomic mass is 10.0. The predicted molar refractivity (Wildman–Crippen MR) is 163 cm³/mol. The van der Waals surface area contributed by atoms with Crippen LogP contribution in [0.2, 0.25) is 5.02 Å². The molecule has 0 saturated heterocycles.